The van der Waals surface area contributed by atoms with E-state index in [1.54, 1.807) is 0 Å². The van der Waals surface area contributed by atoms with Crippen molar-refractivity contribution in [3.8, 4) is 0 Å². The molecule has 114 valence electrons. The number of urea groups is 1. The van der Waals surface area contributed by atoms with Gasteiger partial charge in [0.15, 0.2) is 0 Å². The number of benzene rings is 1. The summed E-state index contributed by atoms with van der Waals surface area (Å²) < 4.78 is 5.24. The first-order valence-electron chi connectivity index (χ1n) is 7.81. The molecule has 5 nitrogen and oxygen atoms in total. The lowest BCUT2D eigenvalue weighted by Gasteiger charge is -2.28. The third-order valence-corrected chi connectivity index (χ3v) is 4.11. The molecule has 1 unspecified atom stereocenters. The zero-order chi connectivity index (χ0) is 14.5. The number of ether oxygens (including phenoxy) is 1. The Balaban J connectivity index is 1.52. The van der Waals surface area contributed by atoms with Gasteiger partial charge in [0.25, 0.3) is 0 Å². The molecule has 0 saturated carbocycles. The van der Waals surface area contributed by atoms with Crippen molar-refractivity contribution in [2.45, 2.75) is 31.7 Å². The number of rotatable bonds is 3. The average Bonchev–Trinajstić information content (AvgIpc) is 3.02. The normalized spacial score (nSPS) is 22.1. The molecule has 2 aliphatic heterocycles. The molecule has 0 spiro atoms. The topological polar surface area (TPSA) is 53.6 Å². The molecule has 2 N–H and O–H groups in total. The lowest BCUT2D eigenvalue weighted by Crippen LogP contribution is -2.38. The van der Waals surface area contributed by atoms with Crippen LogP contribution < -0.4 is 15.5 Å². The molecule has 21 heavy (non-hydrogen) atoms. The summed E-state index contributed by atoms with van der Waals surface area (Å²) in [5.74, 6) is 0. The van der Waals surface area contributed by atoms with E-state index in [2.05, 4.69) is 27.7 Å². The molecule has 2 amide bonds. The van der Waals surface area contributed by atoms with E-state index < -0.39 is 0 Å². The number of hydrogen-bond donors (Lipinski definition) is 2. The predicted octanol–water partition coefficient (Wildman–Crippen LogP) is 2.59. The molecule has 0 radical (unpaired) electrons. The van der Waals surface area contributed by atoms with Crippen LogP contribution in [0.4, 0.5) is 16.2 Å². The molecule has 2 heterocycles. The zero-order valence-electron chi connectivity index (χ0n) is 12.3. The van der Waals surface area contributed by atoms with Crippen molar-refractivity contribution in [3.05, 3.63) is 24.3 Å². The van der Waals surface area contributed by atoms with Crippen LogP contribution in [0.5, 0.6) is 0 Å². The lowest BCUT2D eigenvalue weighted by atomic mass is 10.1. The van der Waals surface area contributed by atoms with E-state index >= 15 is 0 Å². The van der Waals surface area contributed by atoms with Crippen LogP contribution in [0.25, 0.3) is 0 Å². The fourth-order valence-electron chi connectivity index (χ4n) is 2.91. The number of hydrogen-bond acceptors (Lipinski definition) is 3. The summed E-state index contributed by atoms with van der Waals surface area (Å²) in [6.45, 7) is 3.61. The van der Waals surface area contributed by atoms with Gasteiger partial charge in [0.1, 0.15) is 0 Å². The Morgan fingerprint density at radius 3 is 2.57 bits per heavy atom. The molecular weight excluding hydrogens is 266 g/mol. The van der Waals surface area contributed by atoms with E-state index in [1.807, 2.05) is 12.1 Å². The van der Waals surface area contributed by atoms with Crippen LogP contribution in [0, 0.1) is 0 Å². The molecule has 0 aromatic heterocycles. The predicted molar refractivity (Wildman–Crippen MR) is 83.9 cm³/mol. The third kappa shape index (κ3) is 3.88. The van der Waals surface area contributed by atoms with Gasteiger partial charge in [0.05, 0.1) is 12.6 Å². The molecule has 3 rings (SSSR count). The highest BCUT2D eigenvalue weighted by atomic mass is 16.5. The van der Waals surface area contributed by atoms with Crippen LogP contribution in [-0.2, 0) is 4.74 Å². The van der Waals surface area contributed by atoms with Gasteiger partial charge in [-0.3, -0.25) is 0 Å². The summed E-state index contributed by atoms with van der Waals surface area (Å²) in [6, 6.07) is 8.08. The molecule has 5 heteroatoms. The summed E-state index contributed by atoms with van der Waals surface area (Å²) in [6.07, 6.45) is 4.76. The van der Waals surface area contributed by atoms with Crippen molar-refractivity contribution >= 4 is 17.4 Å². The maximum absolute atomic E-state index is 11.9. The Labute approximate surface area is 125 Å². The number of anilines is 2. The monoisotopic (exact) mass is 289 g/mol. The minimum Gasteiger partial charge on any atom is -0.379 e. The van der Waals surface area contributed by atoms with E-state index in [0.717, 1.165) is 31.8 Å². The molecular formula is C16H23N3O2. The molecule has 2 fully saturated rings. The van der Waals surface area contributed by atoms with Crippen molar-refractivity contribution in [2.75, 3.05) is 36.5 Å². The van der Waals surface area contributed by atoms with Gasteiger partial charge in [-0.05, 0) is 49.9 Å². The van der Waals surface area contributed by atoms with Crippen LogP contribution in [0.3, 0.4) is 0 Å². The van der Waals surface area contributed by atoms with E-state index in [4.69, 9.17) is 4.74 Å². The van der Waals surface area contributed by atoms with Gasteiger partial charge < -0.3 is 20.3 Å². The first-order chi connectivity index (χ1) is 10.3. The van der Waals surface area contributed by atoms with Crippen LogP contribution in [-0.4, -0.2) is 38.4 Å². The van der Waals surface area contributed by atoms with E-state index in [1.165, 1.54) is 24.9 Å². The molecule has 2 aliphatic rings. The van der Waals surface area contributed by atoms with Gasteiger partial charge in [-0.15, -0.1) is 0 Å². The fraction of sp³-hybridized carbons (Fsp3) is 0.562. The van der Waals surface area contributed by atoms with Crippen LogP contribution in [0.1, 0.15) is 25.7 Å². The Morgan fingerprint density at radius 2 is 1.90 bits per heavy atom. The number of amides is 2. The Bertz CT molecular complexity index is 463. The largest absolute Gasteiger partial charge is 0.379 e. The van der Waals surface area contributed by atoms with Crippen LogP contribution in [0.15, 0.2) is 24.3 Å². The molecule has 0 aliphatic carbocycles. The number of nitrogens with one attached hydrogen (secondary N) is 2. The molecule has 1 aromatic carbocycles. The van der Waals surface area contributed by atoms with E-state index in [0.29, 0.717) is 6.61 Å². The SMILES string of the molecule is O=C(Nc1ccc(N2CCCCC2)cc1)NC1CCOC1. The number of nitrogens with zero attached hydrogens (tertiary/aromatic N) is 1. The smallest absolute Gasteiger partial charge is 0.319 e. The summed E-state index contributed by atoms with van der Waals surface area (Å²) in [7, 11) is 0. The van der Waals surface area contributed by atoms with Gasteiger partial charge in [-0.1, -0.05) is 0 Å². The standard InChI is InChI=1S/C16H23N3O2/c20-16(18-14-8-11-21-12-14)17-13-4-6-15(7-5-13)19-9-2-1-3-10-19/h4-7,14H,1-3,8-12H2,(H2,17,18,20). The van der Waals surface area contributed by atoms with Gasteiger partial charge in [-0.2, -0.15) is 0 Å². The van der Waals surface area contributed by atoms with Gasteiger partial charge in [0, 0.05) is 31.1 Å². The highest BCUT2D eigenvalue weighted by molar-refractivity contribution is 5.89. The highest BCUT2D eigenvalue weighted by Crippen LogP contribution is 2.21. The van der Waals surface area contributed by atoms with E-state index in [-0.39, 0.29) is 12.1 Å². The summed E-state index contributed by atoms with van der Waals surface area (Å²) in [5, 5.41) is 5.79. The first-order valence-corrected chi connectivity index (χ1v) is 7.81. The number of carbonyl (C=O) groups is 1. The van der Waals surface area contributed by atoms with Crippen molar-refractivity contribution in [1.82, 2.24) is 5.32 Å². The maximum atomic E-state index is 11.9. The highest BCUT2D eigenvalue weighted by Gasteiger charge is 2.17. The molecule has 1 aromatic rings. The Hall–Kier alpha value is -1.75. The molecule has 0 bridgehead atoms. The fourth-order valence-corrected chi connectivity index (χ4v) is 2.91. The van der Waals surface area contributed by atoms with Gasteiger partial charge in [-0.25, -0.2) is 4.79 Å². The summed E-state index contributed by atoms with van der Waals surface area (Å²) in [4.78, 5) is 14.3. The minimum absolute atomic E-state index is 0.137. The number of carbonyl (C=O) groups excluding carboxylic acids is 1. The van der Waals surface area contributed by atoms with Crippen molar-refractivity contribution in [2.24, 2.45) is 0 Å². The second kappa shape index (κ2) is 6.80. The van der Waals surface area contributed by atoms with Gasteiger partial charge in [0.2, 0.25) is 0 Å². The van der Waals surface area contributed by atoms with E-state index in [9.17, 15) is 4.79 Å². The average molecular weight is 289 g/mol. The molecule has 1 atom stereocenters. The molecule has 2 saturated heterocycles. The minimum atomic E-state index is -0.156. The number of piperidine rings is 1. The zero-order valence-corrected chi connectivity index (χ0v) is 12.3. The third-order valence-electron chi connectivity index (χ3n) is 4.11. The van der Waals surface area contributed by atoms with Crippen LogP contribution >= 0.6 is 0 Å². The Kier molecular flexibility index (Phi) is 4.60. The quantitative estimate of drug-likeness (QED) is 0.899. The first kappa shape index (κ1) is 14.2. The summed E-state index contributed by atoms with van der Waals surface area (Å²) >= 11 is 0. The Morgan fingerprint density at radius 1 is 1.14 bits per heavy atom. The van der Waals surface area contributed by atoms with Crippen LogP contribution in [0.2, 0.25) is 0 Å². The van der Waals surface area contributed by atoms with Crippen molar-refractivity contribution in [3.63, 3.8) is 0 Å². The van der Waals surface area contributed by atoms with Crippen molar-refractivity contribution in [1.29, 1.82) is 0 Å². The maximum Gasteiger partial charge on any atom is 0.319 e. The second-order valence-corrected chi connectivity index (χ2v) is 5.75. The van der Waals surface area contributed by atoms with Crippen molar-refractivity contribution < 1.29 is 9.53 Å². The van der Waals surface area contributed by atoms with Gasteiger partial charge >= 0.3 is 6.03 Å². The summed E-state index contributed by atoms with van der Waals surface area (Å²) in [5.41, 5.74) is 2.07. The second-order valence-electron chi connectivity index (χ2n) is 5.75. The lowest BCUT2D eigenvalue weighted by molar-refractivity contribution is 0.189.